The number of anilines is 2. The van der Waals surface area contributed by atoms with Crippen LogP contribution >= 0.6 is 0 Å². The highest BCUT2D eigenvalue weighted by Gasteiger charge is 2.18. The molecule has 0 aliphatic carbocycles. The topological polar surface area (TPSA) is 101 Å². The summed E-state index contributed by atoms with van der Waals surface area (Å²) in [6.07, 6.45) is 2.32. The summed E-state index contributed by atoms with van der Waals surface area (Å²) in [5, 5.41) is -0.167. The Bertz CT molecular complexity index is 604. The first-order chi connectivity index (χ1) is 8.00. The fourth-order valence-electron chi connectivity index (χ4n) is 1.23. The van der Waals surface area contributed by atoms with Gasteiger partial charge in [0.05, 0.1) is 18.2 Å². The molecule has 0 amide bonds. The number of nitrogens with zero attached hydrogens (tertiary/aromatic N) is 1. The minimum atomic E-state index is -3.90. The van der Waals surface area contributed by atoms with E-state index < -0.39 is 15.8 Å². The molecule has 0 spiro atoms. The van der Waals surface area contributed by atoms with Crippen molar-refractivity contribution in [2.45, 2.75) is 5.03 Å². The van der Waals surface area contributed by atoms with Crippen LogP contribution in [0.25, 0.3) is 0 Å². The summed E-state index contributed by atoms with van der Waals surface area (Å²) in [4.78, 5) is 5.99. The fourth-order valence-corrected chi connectivity index (χ4v) is 2.23. The molecule has 0 saturated carbocycles. The van der Waals surface area contributed by atoms with Crippen molar-refractivity contribution in [2.75, 3.05) is 10.5 Å². The van der Waals surface area contributed by atoms with Gasteiger partial charge in [0, 0.05) is 0 Å². The molecule has 0 unspecified atom stereocenters. The summed E-state index contributed by atoms with van der Waals surface area (Å²) < 4.78 is 39.0. The zero-order valence-electron chi connectivity index (χ0n) is 8.51. The predicted octanol–water partition coefficient (Wildman–Crippen LogP) is 0.932. The van der Waals surface area contributed by atoms with E-state index in [1.54, 1.807) is 0 Å². The third-order valence-corrected chi connectivity index (χ3v) is 3.32. The number of aromatic nitrogens is 2. The van der Waals surface area contributed by atoms with Crippen LogP contribution in [0.3, 0.4) is 0 Å². The van der Waals surface area contributed by atoms with Crippen LogP contribution in [0.15, 0.2) is 35.7 Å². The Morgan fingerprint density at radius 1 is 1.41 bits per heavy atom. The lowest BCUT2D eigenvalue weighted by molar-refractivity contribution is 0.596. The van der Waals surface area contributed by atoms with Gasteiger partial charge in [-0.25, -0.2) is 9.37 Å². The molecule has 90 valence electrons. The van der Waals surface area contributed by atoms with E-state index in [2.05, 4.69) is 14.7 Å². The lowest BCUT2D eigenvalue weighted by atomic mass is 10.3. The Labute approximate surface area is 96.7 Å². The van der Waals surface area contributed by atoms with Crippen molar-refractivity contribution in [3.8, 4) is 0 Å². The van der Waals surface area contributed by atoms with E-state index in [-0.39, 0.29) is 16.4 Å². The molecule has 0 fully saturated rings. The van der Waals surface area contributed by atoms with E-state index in [1.165, 1.54) is 18.5 Å². The zero-order valence-corrected chi connectivity index (χ0v) is 9.33. The summed E-state index contributed by atoms with van der Waals surface area (Å²) >= 11 is 0. The second kappa shape index (κ2) is 4.06. The van der Waals surface area contributed by atoms with Crippen molar-refractivity contribution in [1.29, 1.82) is 0 Å². The van der Waals surface area contributed by atoms with Gasteiger partial charge in [-0.05, 0) is 12.1 Å². The molecule has 1 aromatic heterocycles. The van der Waals surface area contributed by atoms with E-state index in [0.29, 0.717) is 0 Å². The highest BCUT2D eigenvalue weighted by molar-refractivity contribution is 7.92. The van der Waals surface area contributed by atoms with Crippen molar-refractivity contribution in [3.63, 3.8) is 0 Å². The average Bonchev–Trinajstić information content (AvgIpc) is 2.77. The maximum absolute atomic E-state index is 13.4. The molecule has 0 atom stereocenters. The third kappa shape index (κ3) is 2.21. The first kappa shape index (κ1) is 11.4. The summed E-state index contributed by atoms with van der Waals surface area (Å²) in [5.74, 6) is -0.743. The molecular formula is C9H9FN4O2S. The van der Waals surface area contributed by atoms with Crippen molar-refractivity contribution < 1.29 is 12.8 Å². The Balaban J connectivity index is 2.40. The van der Waals surface area contributed by atoms with Crippen LogP contribution in [-0.2, 0) is 10.0 Å². The number of sulfonamides is 1. The molecule has 1 aromatic carbocycles. The molecule has 0 saturated heterocycles. The first-order valence-electron chi connectivity index (χ1n) is 4.56. The van der Waals surface area contributed by atoms with Crippen LogP contribution in [0, 0.1) is 5.82 Å². The minimum absolute atomic E-state index is 0.00749. The molecule has 17 heavy (non-hydrogen) atoms. The number of hydrogen-bond acceptors (Lipinski definition) is 4. The number of rotatable bonds is 3. The number of halogens is 1. The van der Waals surface area contributed by atoms with E-state index in [0.717, 1.165) is 12.3 Å². The number of nitrogens with one attached hydrogen (secondary N) is 2. The summed E-state index contributed by atoms with van der Waals surface area (Å²) in [6.45, 7) is 0. The van der Waals surface area contributed by atoms with Crippen molar-refractivity contribution >= 4 is 21.4 Å². The van der Waals surface area contributed by atoms with Gasteiger partial charge in [0.15, 0.2) is 5.03 Å². The molecule has 0 radical (unpaired) electrons. The standard InChI is InChI=1S/C9H9FN4O2S/c10-6-2-1-3-7(11)9(6)14-17(15,16)8-4-12-5-13-8/h1-5,14H,11H2,(H,12,13). The van der Waals surface area contributed by atoms with Gasteiger partial charge in [-0.3, -0.25) is 4.72 Å². The molecule has 6 nitrogen and oxygen atoms in total. The van der Waals surface area contributed by atoms with Crippen molar-refractivity contribution in [2.24, 2.45) is 0 Å². The van der Waals surface area contributed by atoms with E-state index in [1.807, 2.05) is 0 Å². The van der Waals surface area contributed by atoms with Gasteiger partial charge in [0.2, 0.25) is 0 Å². The maximum Gasteiger partial charge on any atom is 0.279 e. The van der Waals surface area contributed by atoms with E-state index in [9.17, 15) is 12.8 Å². The second-order valence-corrected chi connectivity index (χ2v) is 4.88. The largest absolute Gasteiger partial charge is 0.397 e. The number of hydrogen-bond donors (Lipinski definition) is 3. The Hall–Kier alpha value is -2.09. The lowest BCUT2D eigenvalue weighted by Gasteiger charge is -2.09. The van der Waals surface area contributed by atoms with Crippen LogP contribution in [0.2, 0.25) is 0 Å². The Morgan fingerprint density at radius 3 is 2.76 bits per heavy atom. The van der Waals surface area contributed by atoms with Gasteiger partial charge in [-0.2, -0.15) is 8.42 Å². The molecule has 0 aliphatic heterocycles. The summed E-state index contributed by atoms with van der Waals surface area (Å²) in [5.41, 5.74) is 5.22. The summed E-state index contributed by atoms with van der Waals surface area (Å²) in [7, 11) is -3.90. The van der Waals surface area contributed by atoms with Crippen LogP contribution in [0.1, 0.15) is 0 Å². The molecule has 0 bridgehead atoms. The number of para-hydroxylation sites is 1. The molecule has 8 heteroatoms. The number of nitrogens with two attached hydrogens (primary N) is 1. The molecule has 1 heterocycles. The monoisotopic (exact) mass is 256 g/mol. The van der Waals surface area contributed by atoms with Gasteiger partial charge < -0.3 is 10.7 Å². The number of H-pyrrole nitrogens is 1. The van der Waals surface area contributed by atoms with E-state index in [4.69, 9.17) is 5.73 Å². The van der Waals surface area contributed by atoms with Gasteiger partial charge >= 0.3 is 0 Å². The maximum atomic E-state index is 13.4. The highest BCUT2D eigenvalue weighted by atomic mass is 32.2. The first-order valence-corrected chi connectivity index (χ1v) is 6.04. The molecular weight excluding hydrogens is 247 g/mol. The van der Waals surface area contributed by atoms with Gasteiger partial charge in [-0.1, -0.05) is 6.07 Å². The van der Waals surface area contributed by atoms with Gasteiger partial charge in [0.25, 0.3) is 10.0 Å². The van der Waals surface area contributed by atoms with Crippen molar-refractivity contribution in [3.05, 3.63) is 36.5 Å². The molecule has 4 N–H and O–H groups in total. The number of nitrogen functional groups attached to an aromatic ring is 1. The van der Waals surface area contributed by atoms with Crippen LogP contribution < -0.4 is 10.5 Å². The van der Waals surface area contributed by atoms with Crippen LogP contribution in [0.5, 0.6) is 0 Å². The highest BCUT2D eigenvalue weighted by Crippen LogP contribution is 2.24. The molecule has 0 aliphatic rings. The Kier molecular flexibility index (Phi) is 2.72. The van der Waals surface area contributed by atoms with Crippen molar-refractivity contribution in [1.82, 2.24) is 9.97 Å². The second-order valence-electron chi connectivity index (χ2n) is 3.23. The third-order valence-electron chi connectivity index (χ3n) is 2.04. The van der Waals surface area contributed by atoms with Gasteiger partial charge in [-0.15, -0.1) is 0 Å². The Morgan fingerprint density at radius 2 is 2.18 bits per heavy atom. The minimum Gasteiger partial charge on any atom is -0.397 e. The molecule has 2 aromatic rings. The van der Waals surface area contributed by atoms with Gasteiger partial charge in [0.1, 0.15) is 11.5 Å². The van der Waals surface area contributed by atoms with Crippen LogP contribution in [-0.4, -0.2) is 18.4 Å². The normalized spacial score (nSPS) is 11.4. The quantitative estimate of drug-likeness (QED) is 0.711. The lowest BCUT2D eigenvalue weighted by Crippen LogP contribution is -2.15. The number of benzene rings is 1. The number of imidazole rings is 1. The fraction of sp³-hybridized carbons (Fsp3) is 0. The molecule has 2 rings (SSSR count). The van der Waals surface area contributed by atoms with Crippen LogP contribution in [0.4, 0.5) is 15.8 Å². The summed E-state index contributed by atoms with van der Waals surface area (Å²) in [6, 6.07) is 3.90. The average molecular weight is 256 g/mol. The predicted molar refractivity (Wildman–Crippen MR) is 60.2 cm³/mol. The SMILES string of the molecule is Nc1cccc(F)c1NS(=O)(=O)c1cnc[nH]1. The zero-order chi connectivity index (χ0) is 12.5. The van der Waals surface area contributed by atoms with E-state index >= 15 is 0 Å². The number of aromatic amines is 1. The smallest absolute Gasteiger partial charge is 0.279 e.